The predicted molar refractivity (Wildman–Crippen MR) is 64.5 cm³/mol. The highest BCUT2D eigenvalue weighted by atomic mass is 16.5. The van der Waals surface area contributed by atoms with Crippen LogP contribution in [0.1, 0.15) is 26.2 Å². The number of para-hydroxylation sites is 1. The first-order chi connectivity index (χ1) is 7.83. The van der Waals surface area contributed by atoms with Crippen molar-refractivity contribution in [3.8, 4) is 5.75 Å². The molecule has 0 aliphatic carbocycles. The maximum Gasteiger partial charge on any atom is 0.223 e. The molecule has 16 heavy (non-hydrogen) atoms. The van der Waals surface area contributed by atoms with E-state index in [0.717, 1.165) is 25.1 Å². The molecular weight excluding hydrogens is 202 g/mol. The number of amides is 1. The van der Waals surface area contributed by atoms with E-state index in [1.54, 1.807) is 0 Å². The van der Waals surface area contributed by atoms with E-state index < -0.39 is 0 Å². The van der Waals surface area contributed by atoms with Crippen molar-refractivity contribution in [2.24, 2.45) is 0 Å². The van der Waals surface area contributed by atoms with Crippen LogP contribution in [0.2, 0.25) is 0 Å². The number of nitrogens with one attached hydrogen (secondary N) is 1. The third kappa shape index (κ3) is 5.39. The number of carbonyl (C=O) groups excluding carboxylic acids is 1. The number of hydrogen-bond donors (Lipinski definition) is 1. The third-order valence-electron chi connectivity index (χ3n) is 2.19. The quantitative estimate of drug-likeness (QED) is 0.718. The van der Waals surface area contributed by atoms with Gasteiger partial charge < -0.3 is 10.1 Å². The van der Waals surface area contributed by atoms with Gasteiger partial charge in [0.2, 0.25) is 5.91 Å². The van der Waals surface area contributed by atoms with Gasteiger partial charge in [0, 0.05) is 6.54 Å². The van der Waals surface area contributed by atoms with Crippen LogP contribution in [0, 0.1) is 0 Å². The van der Waals surface area contributed by atoms with E-state index in [1.165, 1.54) is 0 Å². The molecule has 1 aromatic rings. The van der Waals surface area contributed by atoms with Gasteiger partial charge in [0.25, 0.3) is 0 Å². The summed E-state index contributed by atoms with van der Waals surface area (Å²) in [4.78, 5) is 11.3. The summed E-state index contributed by atoms with van der Waals surface area (Å²) in [6, 6.07) is 9.53. The molecule has 0 heterocycles. The van der Waals surface area contributed by atoms with Gasteiger partial charge in [-0.3, -0.25) is 4.79 Å². The van der Waals surface area contributed by atoms with E-state index in [4.69, 9.17) is 4.74 Å². The second kappa shape index (κ2) is 7.74. The van der Waals surface area contributed by atoms with Crippen molar-refractivity contribution in [2.75, 3.05) is 13.2 Å². The predicted octanol–water partition coefficient (Wildman–Crippen LogP) is 2.37. The number of rotatable bonds is 7. The number of ether oxygens (including phenoxy) is 1. The van der Waals surface area contributed by atoms with Gasteiger partial charge in [0.1, 0.15) is 5.75 Å². The zero-order valence-electron chi connectivity index (χ0n) is 9.74. The molecule has 0 saturated heterocycles. The summed E-state index contributed by atoms with van der Waals surface area (Å²) in [5.74, 6) is 0.869. The summed E-state index contributed by atoms with van der Waals surface area (Å²) < 4.78 is 5.42. The minimum atomic E-state index is 0.0596. The highest BCUT2D eigenvalue weighted by Gasteiger charge is 2.00. The first-order valence-electron chi connectivity index (χ1n) is 5.77. The third-order valence-corrected chi connectivity index (χ3v) is 2.19. The Morgan fingerprint density at radius 2 is 2.06 bits per heavy atom. The molecule has 3 heteroatoms. The van der Waals surface area contributed by atoms with Crippen LogP contribution in [-0.2, 0) is 4.79 Å². The van der Waals surface area contributed by atoms with Gasteiger partial charge >= 0.3 is 0 Å². The van der Waals surface area contributed by atoms with Gasteiger partial charge in [-0.25, -0.2) is 0 Å². The van der Waals surface area contributed by atoms with Gasteiger partial charge in [-0.1, -0.05) is 31.5 Å². The van der Waals surface area contributed by atoms with E-state index >= 15 is 0 Å². The summed E-state index contributed by atoms with van der Waals surface area (Å²) in [5, 5.41) is 2.85. The zero-order chi connectivity index (χ0) is 11.6. The lowest BCUT2D eigenvalue weighted by molar-refractivity contribution is -0.121. The van der Waals surface area contributed by atoms with Gasteiger partial charge in [0.15, 0.2) is 0 Å². The van der Waals surface area contributed by atoms with Gasteiger partial charge in [0.05, 0.1) is 13.0 Å². The summed E-state index contributed by atoms with van der Waals surface area (Å²) in [5.41, 5.74) is 0. The molecule has 0 saturated carbocycles. The SMILES string of the molecule is CCCCNC(=O)CCOc1ccccc1. The Morgan fingerprint density at radius 3 is 2.75 bits per heavy atom. The standard InChI is InChI=1S/C13H19NO2/c1-2-3-10-14-13(15)9-11-16-12-7-5-4-6-8-12/h4-8H,2-3,9-11H2,1H3,(H,14,15). The summed E-state index contributed by atoms with van der Waals surface area (Å²) in [7, 11) is 0. The van der Waals surface area contributed by atoms with E-state index in [-0.39, 0.29) is 5.91 Å². The Balaban J connectivity index is 2.09. The number of carbonyl (C=O) groups is 1. The van der Waals surface area contributed by atoms with Crippen LogP contribution in [0.3, 0.4) is 0 Å². The van der Waals surface area contributed by atoms with E-state index in [0.29, 0.717) is 13.0 Å². The van der Waals surface area contributed by atoms with Crippen LogP contribution in [0.25, 0.3) is 0 Å². The van der Waals surface area contributed by atoms with Crippen LogP contribution >= 0.6 is 0 Å². The zero-order valence-corrected chi connectivity index (χ0v) is 9.74. The Morgan fingerprint density at radius 1 is 1.31 bits per heavy atom. The number of hydrogen-bond acceptors (Lipinski definition) is 2. The molecule has 0 spiro atoms. The minimum Gasteiger partial charge on any atom is -0.493 e. The van der Waals surface area contributed by atoms with Gasteiger partial charge in [-0.15, -0.1) is 0 Å². The molecular formula is C13H19NO2. The van der Waals surface area contributed by atoms with Crippen molar-refractivity contribution in [3.63, 3.8) is 0 Å². The van der Waals surface area contributed by atoms with Gasteiger partial charge in [-0.05, 0) is 18.6 Å². The fraction of sp³-hybridized carbons (Fsp3) is 0.462. The fourth-order valence-electron chi connectivity index (χ4n) is 1.27. The molecule has 0 aliphatic heterocycles. The average molecular weight is 221 g/mol. The topological polar surface area (TPSA) is 38.3 Å². The fourth-order valence-corrected chi connectivity index (χ4v) is 1.27. The van der Waals surface area contributed by atoms with E-state index in [2.05, 4.69) is 12.2 Å². The molecule has 0 aliphatic rings. The molecule has 1 rings (SSSR count). The molecule has 0 unspecified atom stereocenters. The van der Waals surface area contributed by atoms with Crippen LogP contribution in [-0.4, -0.2) is 19.1 Å². The highest BCUT2D eigenvalue weighted by molar-refractivity contribution is 5.75. The van der Waals surface area contributed by atoms with Crippen molar-refractivity contribution in [1.82, 2.24) is 5.32 Å². The molecule has 1 amide bonds. The molecule has 0 radical (unpaired) electrons. The lowest BCUT2D eigenvalue weighted by Gasteiger charge is -2.06. The van der Waals surface area contributed by atoms with Crippen molar-refractivity contribution >= 4 is 5.91 Å². The summed E-state index contributed by atoms with van der Waals surface area (Å²) in [6.45, 7) is 3.30. The van der Waals surface area contributed by atoms with Crippen LogP contribution in [0.5, 0.6) is 5.75 Å². The highest BCUT2D eigenvalue weighted by Crippen LogP contribution is 2.08. The molecule has 0 aromatic heterocycles. The van der Waals surface area contributed by atoms with Crippen LogP contribution in [0.4, 0.5) is 0 Å². The van der Waals surface area contributed by atoms with Crippen LogP contribution in [0.15, 0.2) is 30.3 Å². The lowest BCUT2D eigenvalue weighted by atomic mass is 10.3. The van der Waals surface area contributed by atoms with Crippen molar-refractivity contribution in [3.05, 3.63) is 30.3 Å². The Bertz CT molecular complexity index is 298. The lowest BCUT2D eigenvalue weighted by Crippen LogP contribution is -2.25. The number of benzene rings is 1. The largest absolute Gasteiger partial charge is 0.493 e. The second-order valence-electron chi connectivity index (χ2n) is 3.62. The smallest absolute Gasteiger partial charge is 0.223 e. The molecule has 0 atom stereocenters. The van der Waals surface area contributed by atoms with Crippen LogP contribution < -0.4 is 10.1 Å². The van der Waals surface area contributed by atoms with E-state index in [9.17, 15) is 4.79 Å². The normalized spacial score (nSPS) is 9.81. The minimum absolute atomic E-state index is 0.0596. The molecule has 0 fully saturated rings. The Kier molecular flexibility index (Phi) is 6.07. The average Bonchev–Trinajstić information content (AvgIpc) is 2.31. The monoisotopic (exact) mass is 221 g/mol. The Labute approximate surface area is 96.8 Å². The second-order valence-corrected chi connectivity index (χ2v) is 3.62. The first-order valence-corrected chi connectivity index (χ1v) is 5.77. The maximum absolute atomic E-state index is 11.3. The number of unbranched alkanes of at least 4 members (excludes halogenated alkanes) is 1. The van der Waals surface area contributed by atoms with Gasteiger partial charge in [-0.2, -0.15) is 0 Å². The molecule has 3 nitrogen and oxygen atoms in total. The first kappa shape index (κ1) is 12.6. The van der Waals surface area contributed by atoms with Crippen molar-refractivity contribution < 1.29 is 9.53 Å². The Hall–Kier alpha value is -1.51. The molecule has 88 valence electrons. The van der Waals surface area contributed by atoms with E-state index in [1.807, 2.05) is 30.3 Å². The molecule has 0 bridgehead atoms. The molecule has 1 N–H and O–H groups in total. The van der Waals surface area contributed by atoms with Crippen molar-refractivity contribution in [2.45, 2.75) is 26.2 Å². The summed E-state index contributed by atoms with van der Waals surface area (Å²) >= 11 is 0. The molecule has 1 aromatic carbocycles. The van der Waals surface area contributed by atoms with Crippen molar-refractivity contribution in [1.29, 1.82) is 0 Å². The maximum atomic E-state index is 11.3. The summed E-state index contributed by atoms with van der Waals surface area (Å²) in [6.07, 6.45) is 2.55.